The molecule has 0 atom stereocenters. The lowest BCUT2D eigenvalue weighted by Crippen LogP contribution is -2.38. The van der Waals surface area contributed by atoms with Crippen molar-refractivity contribution in [3.05, 3.63) is 59.8 Å². The molecule has 0 radical (unpaired) electrons. The number of methoxy groups -OCH3 is 1. The molecular weight excluding hydrogens is 412 g/mol. The molecule has 0 spiro atoms. The number of H-pyrrole nitrogens is 1. The summed E-state index contributed by atoms with van der Waals surface area (Å²) in [6.45, 7) is 3.03. The van der Waals surface area contributed by atoms with Crippen LogP contribution in [0.4, 0.5) is 0 Å². The average Bonchev–Trinajstić information content (AvgIpc) is 3.22. The summed E-state index contributed by atoms with van der Waals surface area (Å²) >= 11 is 0. The first kappa shape index (κ1) is 21.4. The maximum absolute atomic E-state index is 13.2. The van der Waals surface area contributed by atoms with Gasteiger partial charge in [-0.3, -0.25) is 4.79 Å². The van der Waals surface area contributed by atoms with Crippen LogP contribution >= 0.6 is 0 Å². The van der Waals surface area contributed by atoms with Crippen LogP contribution in [0.15, 0.2) is 53.6 Å². The minimum atomic E-state index is -3.47. The van der Waals surface area contributed by atoms with Crippen molar-refractivity contribution in [1.82, 2.24) is 9.88 Å². The number of benzene rings is 2. The number of nitrogens with zero attached hydrogens (tertiary/aromatic N) is 1. The van der Waals surface area contributed by atoms with E-state index < -0.39 is 9.84 Å². The Balaban J connectivity index is 1.52. The summed E-state index contributed by atoms with van der Waals surface area (Å²) in [5, 5.41) is 1.15. The maximum atomic E-state index is 13.2. The Hall–Kier alpha value is -2.80. The monoisotopic (exact) mass is 440 g/mol. The van der Waals surface area contributed by atoms with E-state index in [4.69, 9.17) is 4.74 Å². The smallest absolute Gasteiger partial charge is 0.255 e. The average molecular weight is 441 g/mol. The van der Waals surface area contributed by atoms with E-state index in [1.807, 2.05) is 25.1 Å². The van der Waals surface area contributed by atoms with E-state index in [1.165, 1.54) is 5.56 Å². The van der Waals surface area contributed by atoms with Crippen molar-refractivity contribution in [1.29, 1.82) is 0 Å². The van der Waals surface area contributed by atoms with Gasteiger partial charge in [-0.1, -0.05) is 19.1 Å². The molecular formula is C24H28N2O4S. The molecule has 0 bridgehead atoms. The van der Waals surface area contributed by atoms with Gasteiger partial charge < -0.3 is 14.6 Å². The molecule has 0 unspecified atom stereocenters. The van der Waals surface area contributed by atoms with Crippen molar-refractivity contribution in [2.24, 2.45) is 0 Å². The predicted molar refractivity (Wildman–Crippen MR) is 122 cm³/mol. The fourth-order valence-corrected chi connectivity index (χ4v) is 5.98. The molecule has 0 saturated carbocycles. The second-order valence-corrected chi connectivity index (χ2v) is 10.1. The number of nitrogens with one attached hydrogen (secondary N) is 1. The Morgan fingerprint density at radius 1 is 1.16 bits per heavy atom. The molecule has 7 heteroatoms. The summed E-state index contributed by atoms with van der Waals surface area (Å²) in [5.41, 5.74) is 2.60. The number of fused-ring (bicyclic) bond motifs is 1. The van der Waals surface area contributed by atoms with Crippen molar-refractivity contribution < 1.29 is 17.9 Å². The third kappa shape index (κ3) is 4.19. The van der Waals surface area contributed by atoms with Gasteiger partial charge in [0.05, 0.1) is 23.3 Å². The molecule has 1 aliphatic rings. The molecule has 164 valence electrons. The molecule has 1 N–H and O–H groups in total. The first-order chi connectivity index (χ1) is 14.9. The molecule has 1 aromatic heterocycles. The zero-order valence-corrected chi connectivity index (χ0v) is 18.7. The highest BCUT2D eigenvalue weighted by Crippen LogP contribution is 2.35. The number of hydrogen-bond donors (Lipinski definition) is 1. The molecule has 1 fully saturated rings. The molecule has 1 saturated heterocycles. The number of aromatic amines is 1. The number of rotatable bonds is 6. The number of likely N-dealkylation sites (tertiary alicyclic amines) is 1. The number of ether oxygens (including phenoxy) is 1. The van der Waals surface area contributed by atoms with Crippen molar-refractivity contribution in [3.8, 4) is 5.75 Å². The Kier molecular flexibility index (Phi) is 6.05. The Bertz CT molecular complexity index is 1190. The van der Waals surface area contributed by atoms with Crippen LogP contribution in [-0.4, -0.2) is 50.2 Å². The normalized spacial score (nSPS) is 15.4. The molecule has 1 aliphatic heterocycles. The minimum absolute atomic E-state index is 0.0450. The van der Waals surface area contributed by atoms with Crippen LogP contribution in [0.2, 0.25) is 0 Å². The van der Waals surface area contributed by atoms with Crippen molar-refractivity contribution in [3.63, 3.8) is 0 Å². The first-order valence-corrected chi connectivity index (χ1v) is 12.4. The van der Waals surface area contributed by atoms with E-state index in [9.17, 15) is 13.2 Å². The SMILES string of the molecule is CCCS(=O)(=O)c1ccccc1C(=O)N1CCC(c2c[nH]c3ccc(OC)cc23)CC1. The van der Waals surface area contributed by atoms with Gasteiger partial charge in [-0.25, -0.2) is 8.42 Å². The summed E-state index contributed by atoms with van der Waals surface area (Å²) in [6, 6.07) is 12.6. The zero-order chi connectivity index (χ0) is 22.0. The Labute approximate surface area is 183 Å². The van der Waals surface area contributed by atoms with E-state index in [1.54, 1.807) is 36.3 Å². The van der Waals surface area contributed by atoms with E-state index >= 15 is 0 Å². The lowest BCUT2D eigenvalue weighted by molar-refractivity contribution is 0.0709. The summed E-state index contributed by atoms with van der Waals surface area (Å²) in [5.74, 6) is 1.01. The van der Waals surface area contributed by atoms with Gasteiger partial charge >= 0.3 is 0 Å². The molecule has 4 rings (SSSR count). The van der Waals surface area contributed by atoms with Crippen molar-refractivity contribution in [2.45, 2.75) is 37.0 Å². The van der Waals surface area contributed by atoms with Gasteiger partial charge in [0.15, 0.2) is 9.84 Å². The fraction of sp³-hybridized carbons (Fsp3) is 0.375. The lowest BCUT2D eigenvalue weighted by atomic mass is 9.89. The van der Waals surface area contributed by atoms with Crippen LogP contribution in [0.25, 0.3) is 10.9 Å². The second-order valence-electron chi connectivity index (χ2n) is 8.04. The van der Waals surface area contributed by atoms with Gasteiger partial charge in [-0.15, -0.1) is 0 Å². The Morgan fingerprint density at radius 3 is 2.61 bits per heavy atom. The number of amides is 1. The Morgan fingerprint density at radius 2 is 1.90 bits per heavy atom. The summed E-state index contributed by atoms with van der Waals surface area (Å²) < 4.78 is 30.7. The van der Waals surface area contributed by atoms with Crippen molar-refractivity contribution >= 4 is 26.6 Å². The molecule has 2 aromatic carbocycles. The third-order valence-corrected chi connectivity index (χ3v) is 8.04. The third-order valence-electron chi connectivity index (χ3n) is 6.07. The first-order valence-electron chi connectivity index (χ1n) is 10.7. The van der Waals surface area contributed by atoms with E-state index in [2.05, 4.69) is 11.2 Å². The lowest BCUT2D eigenvalue weighted by Gasteiger charge is -2.32. The number of carbonyl (C=O) groups excluding carboxylic acids is 1. The minimum Gasteiger partial charge on any atom is -0.497 e. The quantitative estimate of drug-likeness (QED) is 0.617. The van der Waals surface area contributed by atoms with Gasteiger partial charge in [-0.05, 0) is 61.1 Å². The highest BCUT2D eigenvalue weighted by molar-refractivity contribution is 7.91. The molecule has 31 heavy (non-hydrogen) atoms. The van der Waals surface area contributed by atoms with E-state index in [0.29, 0.717) is 25.4 Å². The molecule has 2 heterocycles. The summed E-state index contributed by atoms with van der Waals surface area (Å²) in [7, 11) is -1.80. The molecule has 6 nitrogen and oxygen atoms in total. The highest BCUT2D eigenvalue weighted by atomic mass is 32.2. The van der Waals surface area contributed by atoms with Crippen LogP contribution in [-0.2, 0) is 9.84 Å². The van der Waals surface area contributed by atoms with Crippen LogP contribution in [0.3, 0.4) is 0 Å². The number of hydrogen-bond acceptors (Lipinski definition) is 4. The van der Waals surface area contributed by atoms with Gasteiger partial charge in [0.25, 0.3) is 5.91 Å². The largest absolute Gasteiger partial charge is 0.497 e. The van der Waals surface area contributed by atoms with E-state index in [0.717, 1.165) is 29.5 Å². The highest BCUT2D eigenvalue weighted by Gasteiger charge is 2.29. The summed E-state index contributed by atoms with van der Waals surface area (Å²) in [6.07, 6.45) is 4.24. The number of piperidine rings is 1. The van der Waals surface area contributed by atoms with Crippen molar-refractivity contribution in [2.75, 3.05) is 26.0 Å². The number of carbonyl (C=O) groups is 1. The topological polar surface area (TPSA) is 79.5 Å². The van der Waals surface area contributed by atoms with Crippen LogP contribution in [0.1, 0.15) is 48.0 Å². The molecule has 3 aromatic rings. The molecule has 1 amide bonds. The maximum Gasteiger partial charge on any atom is 0.255 e. The van der Waals surface area contributed by atoms with Crippen LogP contribution in [0, 0.1) is 0 Å². The predicted octanol–water partition coefficient (Wildman–Crippen LogP) is 4.38. The second kappa shape index (κ2) is 8.75. The van der Waals surface area contributed by atoms with Gasteiger partial charge in [-0.2, -0.15) is 0 Å². The van der Waals surface area contributed by atoms with Crippen LogP contribution in [0.5, 0.6) is 5.75 Å². The van der Waals surface area contributed by atoms with Crippen LogP contribution < -0.4 is 4.74 Å². The van der Waals surface area contributed by atoms with Gasteiger partial charge in [0.1, 0.15) is 5.75 Å². The number of aromatic nitrogens is 1. The summed E-state index contributed by atoms with van der Waals surface area (Å²) in [4.78, 5) is 18.5. The van der Waals surface area contributed by atoms with Gasteiger partial charge in [0.2, 0.25) is 0 Å². The zero-order valence-electron chi connectivity index (χ0n) is 17.9. The van der Waals surface area contributed by atoms with E-state index in [-0.39, 0.29) is 22.1 Å². The number of sulfone groups is 1. The van der Waals surface area contributed by atoms with Gasteiger partial charge in [0, 0.05) is 30.2 Å². The standard InChI is InChI=1S/C24H28N2O4S/c1-3-14-31(28,29)23-7-5-4-6-19(23)24(27)26-12-10-17(11-13-26)21-16-25-22-9-8-18(30-2)15-20(21)22/h4-9,15-17,25H,3,10-14H2,1-2H3. The molecule has 0 aliphatic carbocycles. The fourth-order valence-electron chi connectivity index (χ4n) is 4.44.